The van der Waals surface area contributed by atoms with Gasteiger partial charge in [0.25, 0.3) is 0 Å². The molecule has 35 heavy (non-hydrogen) atoms. The third-order valence-electron chi connectivity index (χ3n) is 8.64. The van der Waals surface area contributed by atoms with Crippen molar-refractivity contribution in [2.24, 2.45) is 11.8 Å². The van der Waals surface area contributed by atoms with E-state index in [0.29, 0.717) is 23.9 Å². The van der Waals surface area contributed by atoms with Gasteiger partial charge in [-0.2, -0.15) is 0 Å². The van der Waals surface area contributed by atoms with Crippen LogP contribution < -0.4 is 24.3 Å². The zero-order valence-electron chi connectivity index (χ0n) is 21.9. The molecule has 0 bridgehead atoms. The van der Waals surface area contributed by atoms with E-state index in [2.05, 4.69) is 41.4 Å². The number of hydrogen-bond donors (Lipinski definition) is 1. The number of rotatable bonds is 7. The average Bonchev–Trinajstić information content (AvgIpc) is 2.91. The van der Waals surface area contributed by atoms with Gasteiger partial charge in [0.15, 0.2) is 23.0 Å². The standard InChI is InChI=1S/C29H40N2O4/c1-6-18-17-31-10-8-20-14-27(33-3)29(35-5)16-23(20)25(31)12-21(18)11-24-22-15-28(34-4)26(32-2)13-19(22)7-9-30-24/h13-16,18,21,24-25,30H,6-12,17H2,1-5H3/t18-,21-,24+,25+/m1/s1. The number of ether oxygens (including phenoxy) is 4. The zero-order chi connectivity index (χ0) is 24.5. The van der Waals surface area contributed by atoms with Crippen LogP contribution in [-0.4, -0.2) is 53.0 Å². The van der Waals surface area contributed by atoms with Gasteiger partial charge in [0.2, 0.25) is 0 Å². The lowest BCUT2D eigenvalue weighted by Crippen LogP contribution is -2.46. The summed E-state index contributed by atoms with van der Waals surface area (Å²) < 4.78 is 22.5. The van der Waals surface area contributed by atoms with E-state index in [1.165, 1.54) is 41.6 Å². The number of methoxy groups -OCH3 is 4. The van der Waals surface area contributed by atoms with Crippen LogP contribution in [-0.2, 0) is 12.8 Å². The molecule has 4 atom stereocenters. The molecule has 1 N–H and O–H groups in total. The van der Waals surface area contributed by atoms with Gasteiger partial charge in [-0.3, -0.25) is 4.90 Å². The number of piperidine rings is 1. The van der Waals surface area contributed by atoms with Crippen molar-refractivity contribution in [2.45, 2.75) is 51.1 Å². The summed E-state index contributed by atoms with van der Waals surface area (Å²) in [5.41, 5.74) is 5.60. The van der Waals surface area contributed by atoms with Crippen LogP contribution >= 0.6 is 0 Å². The fourth-order valence-electron chi connectivity index (χ4n) is 6.74. The number of hydrogen-bond acceptors (Lipinski definition) is 6. The quantitative estimate of drug-likeness (QED) is 0.606. The van der Waals surface area contributed by atoms with Crippen LogP contribution in [0.2, 0.25) is 0 Å². The van der Waals surface area contributed by atoms with Crippen molar-refractivity contribution in [3.63, 3.8) is 0 Å². The summed E-state index contributed by atoms with van der Waals surface area (Å²) in [6, 6.07) is 9.61. The molecule has 0 aromatic heterocycles. The van der Waals surface area contributed by atoms with Crippen molar-refractivity contribution in [2.75, 3.05) is 48.1 Å². The molecular weight excluding hydrogens is 440 g/mol. The van der Waals surface area contributed by atoms with Crippen LogP contribution in [0.5, 0.6) is 23.0 Å². The molecule has 0 amide bonds. The molecule has 0 unspecified atom stereocenters. The van der Waals surface area contributed by atoms with E-state index in [1.807, 2.05) is 0 Å². The predicted molar refractivity (Wildman–Crippen MR) is 138 cm³/mol. The molecule has 6 heteroatoms. The topological polar surface area (TPSA) is 52.2 Å². The fourth-order valence-corrected chi connectivity index (χ4v) is 6.74. The van der Waals surface area contributed by atoms with Gasteiger partial charge >= 0.3 is 0 Å². The summed E-state index contributed by atoms with van der Waals surface area (Å²) in [6.07, 6.45) is 5.65. The lowest BCUT2D eigenvalue weighted by atomic mass is 9.72. The molecular formula is C29H40N2O4. The molecule has 3 aliphatic rings. The van der Waals surface area contributed by atoms with Gasteiger partial charge in [0, 0.05) is 25.2 Å². The highest BCUT2D eigenvalue weighted by molar-refractivity contribution is 5.50. The van der Waals surface area contributed by atoms with Gasteiger partial charge in [0.1, 0.15) is 0 Å². The Morgan fingerprint density at radius 2 is 1.40 bits per heavy atom. The third-order valence-corrected chi connectivity index (χ3v) is 8.64. The maximum Gasteiger partial charge on any atom is 0.161 e. The summed E-state index contributed by atoms with van der Waals surface area (Å²) in [4.78, 5) is 2.72. The van der Waals surface area contributed by atoms with Crippen LogP contribution in [0.25, 0.3) is 0 Å². The molecule has 1 saturated heterocycles. The van der Waals surface area contributed by atoms with E-state index < -0.39 is 0 Å². The molecule has 0 radical (unpaired) electrons. The summed E-state index contributed by atoms with van der Waals surface area (Å²) in [5.74, 6) is 4.69. The van der Waals surface area contributed by atoms with Gasteiger partial charge in [-0.05, 0) is 90.6 Å². The maximum atomic E-state index is 5.68. The second-order valence-electron chi connectivity index (χ2n) is 10.2. The molecule has 190 valence electrons. The Morgan fingerprint density at radius 3 is 2.03 bits per heavy atom. The van der Waals surface area contributed by atoms with E-state index in [-0.39, 0.29) is 0 Å². The minimum atomic E-state index is 0.345. The van der Waals surface area contributed by atoms with Gasteiger partial charge in [-0.15, -0.1) is 0 Å². The van der Waals surface area contributed by atoms with Crippen molar-refractivity contribution in [1.29, 1.82) is 0 Å². The molecule has 0 spiro atoms. The van der Waals surface area contributed by atoms with E-state index in [4.69, 9.17) is 18.9 Å². The van der Waals surface area contributed by atoms with E-state index in [0.717, 1.165) is 55.4 Å². The van der Waals surface area contributed by atoms with Crippen molar-refractivity contribution in [1.82, 2.24) is 10.2 Å². The molecule has 3 aliphatic heterocycles. The summed E-state index contributed by atoms with van der Waals surface area (Å²) in [5, 5.41) is 3.83. The second kappa shape index (κ2) is 10.3. The number of benzene rings is 2. The number of nitrogens with zero attached hydrogens (tertiary/aromatic N) is 1. The number of nitrogens with one attached hydrogen (secondary N) is 1. The van der Waals surface area contributed by atoms with Crippen LogP contribution in [0.15, 0.2) is 24.3 Å². The van der Waals surface area contributed by atoms with Crippen molar-refractivity contribution in [3.05, 3.63) is 46.5 Å². The molecule has 3 heterocycles. The first-order valence-corrected chi connectivity index (χ1v) is 13.1. The lowest BCUT2D eigenvalue weighted by Gasteiger charge is -2.48. The van der Waals surface area contributed by atoms with E-state index in [9.17, 15) is 0 Å². The Morgan fingerprint density at radius 1 is 0.800 bits per heavy atom. The predicted octanol–water partition coefficient (Wildman–Crippen LogP) is 4.94. The Balaban J connectivity index is 1.43. The van der Waals surface area contributed by atoms with Crippen molar-refractivity contribution >= 4 is 0 Å². The van der Waals surface area contributed by atoms with Crippen LogP contribution in [0, 0.1) is 11.8 Å². The smallest absolute Gasteiger partial charge is 0.161 e. The van der Waals surface area contributed by atoms with Crippen LogP contribution in [0.3, 0.4) is 0 Å². The Kier molecular flexibility index (Phi) is 7.12. The molecule has 6 nitrogen and oxygen atoms in total. The van der Waals surface area contributed by atoms with Crippen molar-refractivity contribution in [3.8, 4) is 23.0 Å². The Hall–Kier alpha value is -2.44. The van der Waals surface area contributed by atoms with Crippen LogP contribution in [0.4, 0.5) is 0 Å². The molecule has 2 aromatic rings. The van der Waals surface area contributed by atoms with E-state index in [1.54, 1.807) is 28.4 Å². The van der Waals surface area contributed by atoms with Gasteiger partial charge in [0.05, 0.1) is 28.4 Å². The summed E-state index contributed by atoms with van der Waals surface area (Å²) >= 11 is 0. The van der Waals surface area contributed by atoms with E-state index >= 15 is 0 Å². The zero-order valence-corrected chi connectivity index (χ0v) is 21.9. The van der Waals surface area contributed by atoms with Crippen LogP contribution in [0.1, 0.15) is 60.5 Å². The molecule has 2 aromatic carbocycles. The fraction of sp³-hybridized carbons (Fsp3) is 0.586. The summed E-state index contributed by atoms with van der Waals surface area (Å²) in [7, 11) is 6.90. The van der Waals surface area contributed by atoms with Crippen molar-refractivity contribution < 1.29 is 18.9 Å². The SMILES string of the molecule is CC[C@@H]1CN2CCc3cc(OC)c(OC)cc3[C@@H]2C[C@H]1C[C@@H]1NCCc2cc(OC)c(OC)cc21. The Bertz CT molecular complexity index is 1050. The molecule has 5 rings (SSSR count). The normalized spacial score (nSPS) is 25.7. The van der Waals surface area contributed by atoms with Gasteiger partial charge in [-0.1, -0.05) is 13.3 Å². The molecule has 0 saturated carbocycles. The minimum absolute atomic E-state index is 0.345. The second-order valence-corrected chi connectivity index (χ2v) is 10.2. The lowest BCUT2D eigenvalue weighted by molar-refractivity contribution is 0.0434. The number of fused-ring (bicyclic) bond motifs is 4. The van der Waals surface area contributed by atoms with Gasteiger partial charge < -0.3 is 24.3 Å². The monoisotopic (exact) mass is 480 g/mol. The first kappa shape index (κ1) is 24.3. The largest absolute Gasteiger partial charge is 0.493 e. The highest BCUT2D eigenvalue weighted by Gasteiger charge is 2.40. The molecule has 0 aliphatic carbocycles. The van der Waals surface area contributed by atoms with Gasteiger partial charge in [-0.25, -0.2) is 0 Å². The Labute approximate surface area is 209 Å². The average molecular weight is 481 g/mol. The third kappa shape index (κ3) is 4.47. The first-order valence-electron chi connectivity index (χ1n) is 13.1. The highest BCUT2D eigenvalue weighted by Crippen LogP contribution is 2.48. The maximum absolute atomic E-state index is 5.68. The highest BCUT2D eigenvalue weighted by atomic mass is 16.5. The summed E-state index contributed by atoms with van der Waals surface area (Å²) in [6.45, 7) is 5.66. The minimum Gasteiger partial charge on any atom is -0.493 e. The first-order chi connectivity index (χ1) is 17.1. The molecule has 1 fully saturated rings.